The molecule has 0 saturated heterocycles. The standard InChI is InChI=1S/C27H34N2O3/c30-27(28-24-17-11-6-4-2-1-3-5-7-12-18-24)26(23-15-9-8-10-16-23)21-22-14-13-19-25(20-22)29(31)32/h8-10,13-16,19-21,24H,1-7,11-12,17-18H2,(H,28,30)/b26-21+. The third kappa shape index (κ3) is 7.63. The number of carbonyl (C=O) groups excluding carboxylic acids is 1. The minimum atomic E-state index is -0.412. The zero-order valence-electron chi connectivity index (χ0n) is 18.8. The van der Waals surface area contributed by atoms with Crippen LogP contribution in [0.2, 0.25) is 0 Å². The highest BCUT2D eigenvalue weighted by Crippen LogP contribution is 2.23. The molecule has 5 heteroatoms. The van der Waals surface area contributed by atoms with Gasteiger partial charge in [0.15, 0.2) is 0 Å². The fourth-order valence-corrected chi connectivity index (χ4v) is 4.36. The van der Waals surface area contributed by atoms with Crippen LogP contribution >= 0.6 is 0 Å². The summed E-state index contributed by atoms with van der Waals surface area (Å²) in [6.45, 7) is 0. The van der Waals surface area contributed by atoms with E-state index in [2.05, 4.69) is 5.32 Å². The molecular weight excluding hydrogens is 400 g/mol. The summed E-state index contributed by atoms with van der Waals surface area (Å²) < 4.78 is 0. The molecule has 1 saturated carbocycles. The number of rotatable bonds is 5. The Kier molecular flexibility index (Phi) is 9.48. The topological polar surface area (TPSA) is 72.2 Å². The van der Waals surface area contributed by atoms with Gasteiger partial charge in [-0.25, -0.2) is 0 Å². The number of nitro benzene ring substituents is 1. The number of benzene rings is 2. The maximum Gasteiger partial charge on any atom is 0.270 e. The predicted molar refractivity (Wildman–Crippen MR) is 130 cm³/mol. The van der Waals surface area contributed by atoms with E-state index in [4.69, 9.17) is 0 Å². The number of hydrogen-bond acceptors (Lipinski definition) is 3. The second-order valence-corrected chi connectivity index (χ2v) is 8.71. The monoisotopic (exact) mass is 434 g/mol. The number of non-ortho nitro benzene ring substituents is 1. The fourth-order valence-electron chi connectivity index (χ4n) is 4.36. The van der Waals surface area contributed by atoms with Crippen molar-refractivity contribution in [1.29, 1.82) is 0 Å². The van der Waals surface area contributed by atoms with Crippen molar-refractivity contribution in [1.82, 2.24) is 5.32 Å². The van der Waals surface area contributed by atoms with Gasteiger partial charge in [-0.1, -0.05) is 100 Å². The Hall–Kier alpha value is -2.95. The molecule has 0 radical (unpaired) electrons. The highest BCUT2D eigenvalue weighted by atomic mass is 16.6. The van der Waals surface area contributed by atoms with Crippen molar-refractivity contribution >= 4 is 23.2 Å². The number of nitrogens with zero attached hydrogens (tertiary/aromatic N) is 1. The first-order chi connectivity index (χ1) is 15.6. The van der Waals surface area contributed by atoms with Crippen LogP contribution in [0, 0.1) is 10.1 Å². The molecule has 0 bridgehead atoms. The maximum atomic E-state index is 13.4. The SMILES string of the molecule is O=C(NC1CCCCCCCCCCC1)/C(=C/c1cccc([N+](=O)[O-])c1)c1ccccc1. The summed E-state index contributed by atoms with van der Waals surface area (Å²) in [7, 11) is 0. The third-order valence-electron chi connectivity index (χ3n) is 6.16. The molecule has 0 spiro atoms. The molecule has 1 aliphatic rings. The van der Waals surface area contributed by atoms with Gasteiger partial charge in [0.2, 0.25) is 0 Å². The highest BCUT2D eigenvalue weighted by Gasteiger charge is 2.18. The van der Waals surface area contributed by atoms with Gasteiger partial charge in [0.1, 0.15) is 0 Å². The van der Waals surface area contributed by atoms with Gasteiger partial charge < -0.3 is 5.32 Å². The first-order valence-corrected chi connectivity index (χ1v) is 12.0. The largest absolute Gasteiger partial charge is 0.349 e. The minimum absolute atomic E-state index is 0.0193. The molecule has 2 aromatic rings. The Morgan fingerprint density at radius 1 is 0.844 bits per heavy atom. The van der Waals surface area contributed by atoms with Gasteiger partial charge in [0.25, 0.3) is 11.6 Å². The Balaban J connectivity index is 1.80. The Bertz CT molecular complexity index is 896. The zero-order valence-corrected chi connectivity index (χ0v) is 18.8. The third-order valence-corrected chi connectivity index (χ3v) is 6.16. The van der Waals surface area contributed by atoms with E-state index < -0.39 is 4.92 Å². The summed E-state index contributed by atoms with van der Waals surface area (Å²) in [6.07, 6.45) is 15.0. The molecule has 170 valence electrons. The molecule has 0 aliphatic heterocycles. The molecule has 1 amide bonds. The van der Waals surface area contributed by atoms with E-state index in [1.807, 2.05) is 30.3 Å². The van der Waals surface area contributed by atoms with Gasteiger partial charge in [0, 0.05) is 23.7 Å². The number of carbonyl (C=O) groups is 1. The first kappa shape index (κ1) is 23.7. The summed E-state index contributed by atoms with van der Waals surface area (Å²) in [6, 6.07) is 16.1. The van der Waals surface area contributed by atoms with Crippen molar-refractivity contribution < 1.29 is 9.72 Å². The Morgan fingerprint density at radius 3 is 2.03 bits per heavy atom. The van der Waals surface area contributed by atoms with Crippen LogP contribution in [-0.4, -0.2) is 16.9 Å². The van der Waals surface area contributed by atoms with Crippen molar-refractivity contribution in [3.8, 4) is 0 Å². The smallest absolute Gasteiger partial charge is 0.270 e. The summed E-state index contributed by atoms with van der Waals surface area (Å²) in [5, 5.41) is 14.5. The summed E-state index contributed by atoms with van der Waals surface area (Å²) >= 11 is 0. The lowest BCUT2D eigenvalue weighted by Gasteiger charge is -2.21. The van der Waals surface area contributed by atoms with Gasteiger partial charge in [-0.3, -0.25) is 14.9 Å². The maximum absolute atomic E-state index is 13.4. The second kappa shape index (κ2) is 12.8. The van der Waals surface area contributed by atoms with Crippen LogP contribution in [0.15, 0.2) is 54.6 Å². The molecular formula is C27H34N2O3. The minimum Gasteiger partial charge on any atom is -0.349 e. The molecule has 0 aromatic heterocycles. The first-order valence-electron chi connectivity index (χ1n) is 12.0. The normalized spacial score (nSPS) is 17.1. The van der Waals surface area contributed by atoms with Gasteiger partial charge >= 0.3 is 0 Å². The van der Waals surface area contributed by atoms with E-state index in [9.17, 15) is 14.9 Å². The van der Waals surface area contributed by atoms with Crippen LogP contribution in [0.5, 0.6) is 0 Å². The zero-order chi connectivity index (χ0) is 22.6. The van der Waals surface area contributed by atoms with Crippen LogP contribution < -0.4 is 5.32 Å². The number of nitrogens with one attached hydrogen (secondary N) is 1. The molecule has 0 atom stereocenters. The quantitative estimate of drug-likeness (QED) is 0.240. The second-order valence-electron chi connectivity index (χ2n) is 8.71. The van der Waals surface area contributed by atoms with Crippen LogP contribution in [0.1, 0.15) is 81.8 Å². The molecule has 2 aromatic carbocycles. The average Bonchev–Trinajstić information content (AvgIpc) is 2.80. The van der Waals surface area contributed by atoms with Crippen LogP contribution in [-0.2, 0) is 4.79 Å². The molecule has 1 aliphatic carbocycles. The number of nitro groups is 1. The van der Waals surface area contributed by atoms with Gasteiger partial charge in [-0.05, 0) is 30.0 Å². The van der Waals surface area contributed by atoms with E-state index in [1.54, 1.807) is 18.2 Å². The lowest BCUT2D eigenvalue weighted by molar-refractivity contribution is -0.384. The predicted octanol–water partition coefficient (Wildman–Crippen LogP) is 6.92. The van der Waals surface area contributed by atoms with Crippen LogP contribution in [0.4, 0.5) is 5.69 Å². The van der Waals surface area contributed by atoms with Crippen LogP contribution in [0.25, 0.3) is 11.6 Å². The van der Waals surface area contributed by atoms with Gasteiger partial charge in [-0.2, -0.15) is 0 Å². The molecule has 0 heterocycles. The van der Waals surface area contributed by atoms with Crippen molar-refractivity contribution in [3.05, 3.63) is 75.8 Å². The Morgan fingerprint density at radius 2 is 1.44 bits per heavy atom. The van der Waals surface area contributed by atoms with E-state index in [1.165, 1.54) is 57.1 Å². The lowest BCUT2D eigenvalue weighted by atomic mass is 9.96. The van der Waals surface area contributed by atoms with Crippen LogP contribution in [0.3, 0.4) is 0 Å². The van der Waals surface area contributed by atoms with E-state index in [0.29, 0.717) is 11.1 Å². The molecule has 32 heavy (non-hydrogen) atoms. The average molecular weight is 435 g/mol. The van der Waals surface area contributed by atoms with E-state index in [0.717, 1.165) is 31.2 Å². The van der Waals surface area contributed by atoms with Gasteiger partial charge in [0.05, 0.1) is 4.92 Å². The number of hydrogen-bond donors (Lipinski definition) is 1. The molecule has 1 fully saturated rings. The summed E-state index contributed by atoms with van der Waals surface area (Å²) in [5.74, 6) is -0.111. The van der Waals surface area contributed by atoms with E-state index in [-0.39, 0.29) is 17.6 Å². The van der Waals surface area contributed by atoms with E-state index >= 15 is 0 Å². The summed E-state index contributed by atoms with van der Waals surface area (Å²) in [4.78, 5) is 24.2. The summed E-state index contributed by atoms with van der Waals surface area (Å²) in [5.41, 5.74) is 2.01. The van der Waals surface area contributed by atoms with Crippen molar-refractivity contribution in [2.24, 2.45) is 0 Å². The van der Waals surface area contributed by atoms with Crippen molar-refractivity contribution in [2.75, 3.05) is 0 Å². The molecule has 1 N–H and O–H groups in total. The van der Waals surface area contributed by atoms with Crippen molar-refractivity contribution in [2.45, 2.75) is 76.7 Å². The van der Waals surface area contributed by atoms with Crippen molar-refractivity contribution in [3.63, 3.8) is 0 Å². The number of amides is 1. The highest BCUT2D eigenvalue weighted by molar-refractivity contribution is 6.24. The lowest BCUT2D eigenvalue weighted by Crippen LogP contribution is -2.35. The molecule has 0 unspecified atom stereocenters. The molecule has 5 nitrogen and oxygen atoms in total. The Labute approximate surface area is 191 Å². The van der Waals surface area contributed by atoms with Gasteiger partial charge in [-0.15, -0.1) is 0 Å². The molecule has 3 rings (SSSR count). The fraction of sp³-hybridized carbons (Fsp3) is 0.444.